The molecule has 1 fully saturated rings. The number of amides is 3. The molecule has 2 aromatic rings. The van der Waals surface area contributed by atoms with Crippen LogP contribution < -0.4 is 10.1 Å². The first-order valence-corrected chi connectivity index (χ1v) is 10.5. The molecule has 0 radical (unpaired) electrons. The van der Waals surface area contributed by atoms with E-state index >= 15 is 0 Å². The minimum Gasteiger partial charge on any atom is -0.490 e. The zero-order chi connectivity index (χ0) is 22.7. The van der Waals surface area contributed by atoms with Gasteiger partial charge in [0.15, 0.2) is 5.75 Å². The van der Waals surface area contributed by atoms with Crippen LogP contribution in [0.15, 0.2) is 45.8 Å². The molecule has 160 valence electrons. The van der Waals surface area contributed by atoms with Crippen molar-refractivity contribution in [2.45, 2.75) is 0 Å². The number of carbonyl (C=O) groups is 3. The first-order valence-electron chi connectivity index (χ1n) is 8.52. The molecule has 1 aliphatic rings. The van der Waals surface area contributed by atoms with E-state index in [-0.39, 0.29) is 16.3 Å². The van der Waals surface area contributed by atoms with Crippen molar-refractivity contribution in [1.29, 1.82) is 0 Å². The summed E-state index contributed by atoms with van der Waals surface area (Å²) in [5.74, 6) is -1.18. The number of anilines is 1. The van der Waals surface area contributed by atoms with Gasteiger partial charge in [-0.15, -0.1) is 0 Å². The first kappa shape index (κ1) is 22.8. The second-order valence-corrected chi connectivity index (χ2v) is 8.39. The quantitative estimate of drug-likeness (QED) is 0.329. The smallest absolute Gasteiger partial charge is 0.311 e. The number of nitro benzene ring substituents is 1. The van der Waals surface area contributed by atoms with Crippen LogP contribution in [0, 0.1) is 10.1 Å². The Bertz CT molecular complexity index is 1140. The number of ether oxygens (including phenoxy) is 1. The van der Waals surface area contributed by atoms with Gasteiger partial charge >= 0.3 is 5.69 Å². The van der Waals surface area contributed by atoms with Crippen molar-refractivity contribution in [3.05, 3.63) is 66.5 Å². The van der Waals surface area contributed by atoms with Gasteiger partial charge in [0.25, 0.3) is 11.1 Å². The lowest BCUT2D eigenvalue weighted by Gasteiger charge is -2.12. The molecule has 0 unspecified atom stereocenters. The fraction of sp³-hybridized carbons (Fsp3) is 0.105. The van der Waals surface area contributed by atoms with E-state index in [0.717, 1.165) is 4.90 Å². The minimum absolute atomic E-state index is 0.0453. The Balaban J connectivity index is 1.74. The van der Waals surface area contributed by atoms with Crippen molar-refractivity contribution in [3.63, 3.8) is 0 Å². The van der Waals surface area contributed by atoms with E-state index in [2.05, 4.69) is 21.2 Å². The normalized spacial score (nSPS) is 14.8. The van der Waals surface area contributed by atoms with Crippen LogP contribution in [0.4, 0.5) is 16.2 Å². The molecule has 1 heterocycles. The number of halogens is 2. The highest BCUT2D eigenvalue weighted by Gasteiger charge is 2.36. The Hall–Kier alpha value is -2.89. The lowest BCUT2D eigenvalue weighted by atomic mass is 10.1. The van der Waals surface area contributed by atoms with Crippen LogP contribution in [0.25, 0.3) is 6.08 Å². The molecule has 0 aliphatic carbocycles. The highest BCUT2D eigenvalue weighted by molar-refractivity contribution is 9.10. The molecule has 12 heteroatoms. The third-order valence-electron chi connectivity index (χ3n) is 4.08. The van der Waals surface area contributed by atoms with Crippen LogP contribution in [-0.4, -0.2) is 40.5 Å². The molecule has 3 amide bonds. The largest absolute Gasteiger partial charge is 0.490 e. The van der Waals surface area contributed by atoms with Crippen molar-refractivity contribution in [1.82, 2.24) is 4.90 Å². The summed E-state index contributed by atoms with van der Waals surface area (Å²) in [6, 6.07) is 8.92. The maximum absolute atomic E-state index is 12.6. The monoisotopic (exact) mass is 525 g/mol. The first-order chi connectivity index (χ1) is 14.7. The van der Waals surface area contributed by atoms with Gasteiger partial charge in [0.05, 0.1) is 22.0 Å². The summed E-state index contributed by atoms with van der Waals surface area (Å²) in [6.45, 7) is -0.488. The highest BCUT2D eigenvalue weighted by atomic mass is 79.9. The molecule has 9 nitrogen and oxygen atoms in total. The fourth-order valence-corrected chi connectivity index (χ4v) is 3.91. The van der Waals surface area contributed by atoms with Gasteiger partial charge in [0.1, 0.15) is 6.54 Å². The summed E-state index contributed by atoms with van der Waals surface area (Å²) in [4.78, 5) is 48.5. The number of rotatable bonds is 6. The Morgan fingerprint density at radius 1 is 1.32 bits per heavy atom. The van der Waals surface area contributed by atoms with Crippen LogP contribution >= 0.6 is 39.3 Å². The van der Waals surface area contributed by atoms with E-state index in [4.69, 9.17) is 16.3 Å². The van der Waals surface area contributed by atoms with E-state index in [0.29, 0.717) is 32.5 Å². The number of hydrogen-bond donors (Lipinski definition) is 1. The molecule has 0 bridgehead atoms. The summed E-state index contributed by atoms with van der Waals surface area (Å²) < 4.78 is 5.60. The Labute approximate surface area is 193 Å². The van der Waals surface area contributed by atoms with Gasteiger partial charge in [-0.3, -0.25) is 29.4 Å². The van der Waals surface area contributed by atoms with Crippen molar-refractivity contribution < 1.29 is 24.0 Å². The van der Waals surface area contributed by atoms with Crippen molar-refractivity contribution >= 4 is 73.8 Å². The zero-order valence-electron chi connectivity index (χ0n) is 15.8. The molecule has 3 rings (SSSR count). The number of thioether (sulfide) groups is 1. The standard InChI is InChI=1S/C19H13BrClN3O6S/c1-30-15-5-2-10(6-14(15)24(28)29)7-16-18(26)23(19(27)31-16)9-17(25)22-11-3-4-12(20)13(21)8-11/h2-8H,9H2,1H3,(H,22,25)/b16-7+. The number of methoxy groups -OCH3 is 1. The molecule has 1 N–H and O–H groups in total. The lowest BCUT2D eigenvalue weighted by Crippen LogP contribution is -2.36. The maximum atomic E-state index is 12.6. The van der Waals surface area contributed by atoms with Crippen LogP contribution in [-0.2, 0) is 9.59 Å². The summed E-state index contributed by atoms with van der Waals surface area (Å²) in [5, 5.41) is 13.5. The number of nitro groups is 1. The van der Waals surface area contributed by atoms with Crippen LogP contribution in [0.1, 0.15) is 5.56 Å². The molecular weight excluding hydrogens is 514 g/mol. The van der Waals surface area contributed by atoms with Gasteiger partial charge < -0.3 is 10.1 Å². The van der Waals surface area contributed by atoms with E-state index in [9.17, 15) is 24.5 Å². The lowest BCUT2D eigenvalue weighted by molar-refractivity contribution is -0.385. The number of carbonyl (C=O) groups excluding carboxylic acids is 3. The van der Waals surface area contributed by atoms with Crippen LogP contribution in [0.3, 0.4) is 0 Å². The Morgan fingerprint density at radius 2 is 2.06 bits per heavy atom. The van der Waals surface area contributed by atoms with E-state index in [1.165, 1.54) is 37.5 Å². The number of nitrogens with zero attached hydrogens (tertiary/aromatic N) is 2. The fourth-order valence-electron chi connectivity index (χ4n) is 2.65. The van der Waals surface area contributed by atoms with E-state index in [1.54, 1.807) is 12.1 Å². The van der Waals surface area contributed by atoms with E-state index < -0.39 is 28.5 Å². The molecule has 0 spiro atoms. The molecule has 1 saturated heterocycles. The number of nitrogens with one attached hydrogen (secondary N) is 1. The summed E-state index contributed by atoms with van der Waals surface area (Å²) in [6.07, 6.45) is 1.35. The third kappa shape index (κ3) is 5.24. The summed E-state index contributed by atoms with van der Waals surface area (Å²) in [5.41, 5.74) is 0.473. The second kappa shape index (κ2) is 9.50. The van der Waals surface area contributed by atoms with Crippen molar-refractivity contribution in [3.8, 4) is 5.75 Å². The molecule has 0 aromatic heterocycles. The van der Waals surface area contributed by atoms with Crippen molar-refractivity contribution in [2.75, 3.05) is 19.0 Å². The number of imide groups is 1. The minimum atomic E-state index is -0.669. The Morgan fingerprint density at radius 3 is 2.71 bits per heavy atom. The molecule has 1 aliphatic heterocycles. The molecule has 31 heavy (non-hydrogen) atoms. The molecule has 0 atom stereocenters. The van der Waals surface area contributed by atoms with E-state index in [1.807, 2.05) is 0 Å². The molecular formula is C19H13BrClN3O6S. The summed E-state index contributed by atoms with van der Waals surface area (Å²) in [7, 11) is 1.31. The maximum Gasteiger partial charge on any atom is 0.311 e. The van der Waals surface area contributed by atoms with Crippen LogP contribution in [0.5, 0.6) is 5.75 Å². The average molecular weight is 527 g/mol. The number of hydrogen-bond acceptors (Lipinski definition) is 7. The molecule has 0 saturated carbocycles. The highest BCUT2D eigenvalue weighted by Crippen LogP contribution is 2.34. The second-order valence-electron chi connectivity index (χ2n) is 6.13. The summed E-state index contributed by atoms with van der Waals surface area (Å²) >= 11 is 9.87. The average Bonchev–Trinajstić information content (AvgIpc) is 2.98. The van der Waals surface area contributed by atoms with Gasteiger partial charge in [0.2, 0.25) is 5.91 Å². The third-order valence-corrected chi connectivity index (χ3v) is 6.22. The van der Waals surface area contributed by atoms with Gasteiger partial charge in [-0.1, -0.05) is 17.7 Å². The Kier molecular flexibility index (Phi) is 6.98. The SMILES string of the molecule is COc1ccc(/C=C2/SC(=O)N(CC(=O)Nc3ccc(Br)c(Cl)c3)C2=O)cc1[N+](=O)[O-]. The van der Waals surface area contributed by atoms with Gasteiger partial charge in [-0.25, -0.2) is 0 Å². The van der Waals surface area contributed by atoms with Gasteiger partial charge in [0, 0.05) is 16.2 Å². The number of benzene rings is 2. The predicted molar refractivity (Wildman–Crippen MR) is 120 cm³/mol. The van der Waals surface area contributed by atoms with Gasteiger partial charge in [-0.05, 0) is 63.6 Å². The van der Waals surface area contributed by atoms with Gasteiger partial charge in [-0.2, -0.15) is 0 Å². The van der Waals surface area contributed by atoms with Crippen molar-refractivity contribution in [2.24, 2.45) is 0 Å². The zero-order valence-corrected chi connectivity index (χ0v) is 18.9. The predicted octanol–water partition coefficient (Wildman–Crippen LogP) is 4.69. The van der Waals surface area contributed by atoms with Crippen LogP contribution in [0.2, 0.25) is 5.02 Å². The topological polar surface area (TPSA) is 119 Å². The molecule has 2 aromatic carbocycles.